The van der Waals surface area contributed by atoms with Crippen molar-refractivity contribution in [1.29, 1.82) is 0 Å². The fourth-order valence-corrected chi connectivity index (χ4v) is 3.67. The monoisotopic (exact) mass is 394 g/mol. The molecule has 1 aromatic heterocycles. The van der Waals surface area contributed by atoms with Crippen LogP contribution in [0.5, 0.6) is 0 Å². The minimum Gasteiger partial charge on any atom is -0.454 e. The van der Waals surface area contributed by atoms with Crippen molar-refractivity contribution in [3.05, 3.63) is 71.1 Å². The Hall–Kier alpha value is -3.15. The smallest absolute Gasteiger partial charge is 0.338 e. The third-order valence-corrected chi connectivity index (χ3v) is 5.23. The number of hydrogen-bond acceptors (Lipinski definition) is 4. The van der Waals surface area contributed by atoms with E-state index in [1.165, 1.54) is 0 Å². The van der Waals surface area contributed by atoms with E-state index < -0.39 is 5.97 Å². The van der Waals surface area contributed by atoms with E-state index in [1.54, 1.807) is 29.2 Å². The van der Waals surface area contributed by atoms with E-state index in [4.69, 9.17) is 4.74 Å². The number of hydrogen-bond donors (Lipinski definition) is 0. The molecule has 0 unspecified atom stereocenters. The molecule has 0 saturated carbocycles. The van der Waals surface area contributed by atoms with E-state index in [9.17, 15) is 14.4 Å². The number of ketones is 1. The van der Waals surface area contributed by atoms with E-state index in [0.29, 0.717) is 30.6 Å². The first-order valence-corrected chi connectivity index (χ1v) is 9.75. The van der Waals surface area contributed by atoms with Gasteiger partial charge >= 0.3 is 5.97 Å². The Morgan fingerprint density at radius 2 is 2.03 bits per heavy atom. The molecule has 0 aliphatic carbocycles. The van der Waals surface area contributed by atoms with Crippen LogP contribution in [0.25, 0.3) is 0 Å². The lowest BCUT2D eigenvalue weighted by atomic mass is 10.1. The lowest BCUT2D eigenvalue weighted by molar-refractivity contribution is -0.128. The van der Waals surface area contributed by atoms with Crippen LogP contribution in [0.1, 0.15) is 50.5 Å². The summed E-state index contributed by atoms with van der Waals surface area (Å²) < 4.78 is 7.25. The number of carbonyl (C=O) groups is 3. The average Bonchev–Trinajstić information content (AvgIpc) is 3.24. The highest BCUT2D eigenvalue weighted by Crippen LogP contribution is 2.18. The predicted molar refractivity (Wildman–Crippen MR) is 110 cm³/mol. The van der Waals surface area contributed by atoms with Gasteiger partial charge in [0, 0.05) is 43.0 Å². The van der Waals surface area contributed by atoms with E-state index in [1.807, 2.05) is 30.5 Å². The molecule has 1 saturated heterocycles. The van der Waals surface area contributed by atoms with Gasteiger partial charge in [-0.15, -0.1) is 6.58 Å². The molecule has 1 amide bonds. The van der Waals surface area contributed by atoms with E-state index >= 15 is 0 Å². The topological polar surface area (TPSA) is 68.6 Å². The first kappa shape index (κ1) is 20.6. The van der Waals surface area contributed by atoms with Crippen LogP contribution in [0.15, 0.2) is 43.0 Å². The summed E-state index contributed by atoms with van der Waals surface area (Å²) in [5, 5.41) is 0. The highest BCUT2D eigenvalue weighted by Gasteiger charge is 2.21. The molecule has 6 heteroatoms. The maximum atomic E-state index is 12.5. The predicted octanol–water partition coefficient (Wildman–Crippen LogP) is 3.45. The van der Waals surface area contributed by atoms with Crippen LogP contribution in [0.3, 0.4) is 0 Å². The quantitative estimate of drug-likeness (QED) is 0.391. The van der Waals surface area contributed by atoms with Gasteiger partial charge in [0.05, 0.1) is 5.56 Å². The Morgan fingerprint density at radius 1 is 1.24 bits per heavy atom. The molecule has 1 fully saturated rings. The number of amides is 1. The Kier molecular flexibility index (Phi) is 6.32. The molecule has 0 spiro atoms. The van der Waals surface area contributed by atoms with Crippen LogP contribution in [-0.4, -0.2) is 40.3 Å². The molecule has 29 heavy (non-hydrogen) atoms. The highest BCUT2D eigenvalue weighted by atomic mass is 16.5. The number of aryl methyl sites for hydroxylation is 1. The number of rotatable bonds is 8. The molecule has 2 aromatic rings. The molecule has 3 rings (SSSR count). The summed E-state index contributed by atoms with van der Waals surface area (Å²) >= 11 is 0. The number of likely N-dealkylation sites (tertiary alicyclic amines) is 1. The molecular weight excluding hydrogens is 368 g/mol. The zero-order valence-electron chi connectivity index (χ0n) is 16.9. The summed E-state index contributed by atoms with van der Waals surface area (Å²) in [6.07, 6.45) is 3.23. The number of aromatic nitrogens is 1. The Morgan fingerprint density at radius 3 is 2.72 bits per heavy atom. The molecule has 0 N–H and O–H groups in total. The Labute approximate surface area is 170 Å². The molecule has 2 heterocycles. The average molecular weight is 394 g/mol. The van der Waals surface area contributed by atoms with Gasteiger partial charge < -0.3 is 14.2 Å². The second kappa shape index (κ2) is 8.90. The number of ether oxygens (including phenoxy) is 1. The van der Waals surface area contributed by atoms with E-state index in [-0.39, 0.29) is 18.3 Å². The van der Waals surface area contributed by atoms with Gasteiger partial charge in [0.25, 0.3) is 0 Å². The van der Waals surface area contributed by atoms with Gasteiger partial charge in [-0.3, -0.25) is 9.59 Å². The molecule has 1 aliphatic rings. The van der Waals surface area contributed by atoms with Gasteiger partial charge in [0.15, 0.2) is 6.61 Å². The third-order valence-electron chi connectivity index (χ3n) is 5.23. The largest absolute Gasteiger partial charge is 0.454 e. The highest BCUT2D eigenvalue weighted by molar-refractivity contribution is 6.00. The van der Waals surface area contributed by atoms with Crippen LogP contribution in [0, 0.1) is 13.8 Å². The molecule has 6 nitrogen and oxygen atoms in total. The van der Waals surface area contributed by atoms with Crippen LogP contribution in [0.4, 0.5) is 0 Å². The van der Waals surface area contributed by atoms with Crippen LogP contribution < -0.4 is 0 Å². The van der Waals surface area contributed by atoms with Crippen molar-refractivity contribution in [3.8, 4) is 0 Å². The third kappa shape index (κ3) is 4.65. The van der Waals surface area contributed by atoms with Crippen molar-refractivity contribution >= 4 is 17.7 Å². The molecule has 1 aliphatic heterocycles. The van der Waals surface area contributed by atoms with Crippen molar-refractivity contribution in [2.45, 2.75) is 39.8 Å². The summed E-state index contributed by atoms with van der Waals surface area (Å²) in [5.74, 6) is -0.647. The van der Waals surface area contributed by atoms with E-state index in [0.717, 1.165) is 29.9 Å². The number of esters is 1. The first-order valence-electron chi connectivity index (χ1n) is 9.75. The zero-order chi connectivity index (χ0) is 21.0. The molecule has 0 atom stereocenters. The number of benzene rings is 1. The summed E-state index contributed by atoms with van der Waals surface area (Å²) in [5.41, 5.74) is 3.59. The minimum atomic E-state index is -0.548. The maximum Gasteiger partial charge on any atom is 0.338 e. The number of allylic oxidation sites excluding steroid dienone is 1. The Bertz CT molecular complexity index is 958. The second-order valence-corrected chi connectivity index (χ2v) is 7.30. The summed E-state index contributed by atoms with van der Waals surface area (Å²) in [6, 6.07) is 8.81. The first-order chi connectivity index (χ1) is 13.9. The van der Waals surface area contributed by atoms with Crippen molar-refractivity contribution < 1.29 is 19.1 Å². The van der Waals surface area contributed by atoms with E-state index in [2.05, 4.69) is 6.58 Å². The van der Waals surface area contributed by atoms with Gasteiger partial charge in [-0.2, -0.15) is 0 Å². The summed E-state index contributed by atoms with van der Waals surface area (Å²) in [7, 11) is 0. The fraction of sp³-hybridized carbons (Fsp3) is 0.348. The van der Waals surface area contributed by atoms with Crippen LogP contribution in [0.2, 0.25) is 0 Å². The van der Waals surface area contributed by atoms with Crippen LogP contribution >= 0.6 is 0 Å². The SMILES string of the molecule is C=CCn1c(C)cc(C(=O)COC(=O)c2cccc(CN3CCCC3=O)c2)c1C. The molecular formula is C23H26N2O4. The standard InChI is InChI=1S/C23H26N2O4/c1-4-10-25-16(2)12-20(17(25)3)21(26)15-29-23(28)19-8-5-7-18(13-19)14-24-11-6-9-22(24)27/h4-5,7-8,12-13H,1,6,9-11,14-15H2,2-3H3. The van der Waals surface area contributed by atoms with Gasteiger partial charge in [0.2, 0.25) is 11.7 Å². The van der Waals surface area contributed by atoms with Crippen molar-refractivity contribution in [2.75, 3.05) is 13.2 Å². The Balaban J connectivity index is 1.63. The molecule has 0 bridgehead atoms. The molecule has 0 radical (unpaired) electrons. The zero-order valence-corrected chi connectivity index (χ0v) is 16.9. The van der Waals surface area contributed by atoms with Gasteiger partial charge in [0.1, 0.15) is 0 Å². The second-order valence-electron chi connectivity index (χ2n) is 7.30. The van der Waals surface area contributed by atoms with Gasteiger partial charge in [-0.25, -0.2) is 4.79 Å². The lowest BCUT2D eigenvalue weighted by Gasteiger charge is -2.15. The molecule has 1 aromatic carbocycles. The normalized spacial score (nSPS) is 13.6. The lowest BCUT2D eigenvalue weighted by Crippen LogP contribution is -2.24. The van der Waals surface area contributed by atoms with Crippen LogP contribution in [-0.2, 0) is 22.6 Å². The fourth-order valence-electron chi connectivity index (χ4n) is 3.67. The number of nitrogens with zero attached hydrogens (tertiary/aromatic N) is 2. The van der Waals surface area contributed by atoms with Crippen molar-refractivity contribution in [2.24, 2.45) is 0 Å². The minimum absolute atomic E-state index is 0.137. The van der Waals surface area contributed by atoms with Gasteiger partial charge in [-0.05, 0) is 44.0 Å². The summed E-state index contributed by atoms with van der Waals surface area (Å²) in [4.78, 5) is 38.5. The van der Waals surface area contributed by atoms with Gasteiger partial charge in [-0.1, -0.05) is 18.2 Å². The summed E-state index contributed by atoms with van der Waals surface area (Å²) in [6.45, 7) is 9.06. The number of Topliss-reactive ketones (excluding diaryl/α,β-unsaturated/α-hetero) is 1. The van der Waals surface area contributed by atoms with Crippen molar-refractivity contribution in [1.82, 2.24) is 9.47 Å². The molecule has 152 valence electrons. The number of carbonyl (C=O) groups excluding carboxylic acids is 3. The van der Waals surface area contributed by atoms with Crippen molar-refractivity contribution in [3.63, 3.8) is 0 Å². The maximum absolute atomic E-state index is 12.5.